The quantitative estimate of drug-likeness (QED) is 0.535. The lowest BCUT2D eigenvalue weighted by Crippen LogP contribution is -2.28. The van der Waals surface area contributed by atoms with Crippen molar-refractivity contribution in [2.24, 2.45) is 0 Å². The number of ether oxygens (including phenoxy) is 6. The van der Waals surface area contributed by atoms with Crippen molar-refractivity contribution in [1.82, 2.24) is 0 Å². The molecule has 0 saturated carbocycles. The molecular formula is C15H34O7. The maximum atomic E-state index is 8.79. The first-order chi connectivity index (χ1) is 10.6. The Morgan fingerprint density at radius 1 is 0.682 bits per heavy atom. The molecule has 0 aromatic heterocycles. The number of aliphatic hydroxyl groups excluding tert-OH is 1. The molecule has 0 rings (SSSR count). The van der Waals surface area contributed by atoms with Crippen LogP contribution in [0.3, 0.4) is 0 Å². The smallest absolute Gasteiger partial charge is 0.104 e. The van der Waals surface area contributed by atoms with Crippen LogP contribution < -0.4 is 0 Å². The van der Waals surface area contributed by atoms with E-state index < -0.39 is 0 Å². The molecule has 0 heterocycles. The van der Waals surface area contributed by atoms with Crippen LogP contribution in [0, 0.1) is 0 Å². The van der Waals surface area contributed by atoms with Crippen molar-refractivity contribution in [1.29, 1.82) is 0 Å². The second kappa shape index (κ2) is 18.8. The van der Waals surface area contributed by atoms with E-state index in [4.69, 9.17) is 33.5 Å². The third kappa shape index (κ3) is 14.6. The number of rotatable bonds is 13. The first-order valence-electron chi connectivity index (χ1n) is 7.38. The van der Waals surface area contributed by atoms with Crippen LogP contribution in [0.1, 0.15) is 13.3 Å². The summed E-state index contributed by atoms with van der Waals surface area (Å²) in [5.74, 6) is 0. The Morgan fingerprint density at radius 3 is 1.45 bits per heavy atom. The molecule has 136 valence electrons. The topological polar surface area (TPSA) is 75.6 Å². The van der Waals surface area contributed by atoms with Gasteiger partial charge >= 0.3 is 0 Å². The second-order valence-corrected chi connectivity index (χ2v) is 4.61. The molecule has 7 heteroatoms. The van der Waals surface area contributed by atoms with E-state index >= 15 is 0 Å². The van der Waals surface area contributed by atoms with Gasteiger partial charge in [0.25, 0.3) is 0 Å². The summed E-state index contributed by atoms with van der Waals surface area (Å²) in [7, 11) is 8.13. The zero-order chi connectivity index (χ0) is 17.2. The fourth-order valence-electron chi connectivity index (χ4n) is 1.43. The van der Waals surface area contributed by atoms with Crippen LogP contribution in [0.2, 0.25) is 0 Å². The Labute approximate surface area is 134 Å². The zero-order valence-corrected chi connectivity index (χ0v) is 14.9. The molecule has 0 aromatic rings. The summed E-state index contributed by atoms with van der Waals surface area (Å²) in [5, 5.41) is 8.79. The van der Waals surface area contributed by atoms with E-state index in [1.165, 1.54) is 7.11 Å². The minimum atomic E-state index is -0.268. The van der Waals surface area contributed by atoms with Crippen molar-refractivity contribution in [2.75, 3.05) is 68.6 Å². The molecule has 0 bridgehead atoms. The number of hydrogen-bond acceptors (Lipinski definition) is 7. The van der Waals surface area contributed by atoms with Gasteiger partial charge in [-0.15, -0.1) is 0 Å². The molecule has 0 aromatic carbocycles. The molecule has 0 saturated heterocycles. The highest BCUT2D eigenvalue weighted by molar-refractivity contribution is 4.56. The van der Waals surface area contributed by atoms with Crippen LogP contribution in [0.4, 0.5) is 0 Å². The Hall–Kier alpha value is -0.280. The summed E-state index contributed by atoms with van der Waals surface area (Å²) in [5.41, 5.74) is 0. The lowest BCUT2D eigenvalue weighted by atomic mass is 10.3. The van der Waals surface area contributed by atoms with Crippen molar-refractivity contribution in [2.45, 2.75) is 31.7 Å². The van der Waals surface area contributed by atoms with Gasteiger partial charge in [0, 0.05) is 35.5 Å². The predicted molar refractivity (Wildman–Crippen MR) is 84.3 cm³/mol. The van der Waals surface area contributed by atoms with Gasteiger partial charge in [-0.05, 0) is 6.42 Å². The van der Waals surface area contributed by atoms with Gasteiger partial charge in [0.05, 0.1) is 39.1 Å². The van der Waals surface area contributed by atoms with E-state index in [0.29, 0.717) is 26.4 Å². The summed E-state index contributed by atoms with van der Waals surface area (Å²) < 4.78 is 30.1. The van der Waals surface area contributed by atoms with Crippen LogP contribution in [0.25, 0.3) is 0 Å². The molecule has 3 atom stereocenters. The predicted octanol–water partition coefficient (Wildman–Crippen LogP) is 0.730. The summed E-state index contributed by atoms with van der Waals surface area (Å²) in [6.07, 6.45) is 0.955. The van der Waals surface area contributed by atoms with Gasteiger partial charge in [0.2, 0.25) is 0 Å². The Balaban J connectivity index is 0. The summed E-state index contributed by atoms with van der Waals surface area (Å²) in [6.45, 7) is 4.02. The van der Waals surface area contributed by atoms with Crippen molar-refractivity contribution < 1.29 is 33.5 Å². The standard InChI is InChI=1S/C9H20O5.C6H14O2/c1-11-5-9(13-3)7-14-6-8(4-10)12-2;1-4-6(8-3)5-7-2/h8-10H,4-7H2,1-3H3;6H,4-5H2,1-3H3. The first kappa shape index (κ1) is 24.0. The molecular weight excluding hydrogens is 292 g/mol. The molecule has 3 unspecified atom stereocenters. The third-order valence-corrected chi connectivity index (χ3v) is 2.97. The molecule has 0 aliphatic heterocycles. The summed E-state index contributed by atoms with van der Waals surface area (Å²) >= 11 is 0. The average Bonchev–Trinajstić information content (AvgIpc) is 2.56. The first-order valence-corrected chi connectivity index (χ1v) is 7.38. The third-order valence-electron chi connectivity index (χ3n) is 2.97. The number of methoxy groups -OCH3 is 5. The Kier molecular flexibility index (Phi) is 20.5. The van der Waals surface area contributed by atoms with E-state index in [0.717, 1.165) is 6.42 Å². The van der Waals surface area contributed by atoms with Gasteiger partial charge in [0.15, 0.2) is 0 Å². The van der Waals surface area contributed by atoms with Crippen LogP contribution in [0.15, 0.2) is 0 Å². The minimum absolute atomic E-state index is 0.0432. The van der Waals surface area contributed by atoms with Gasteiger partial charge in [-0.25, -0.2) is 0 Å². The van der Waals surface area contributed by atoms with Crippen molar-refractivity contribution in [3.05, 3.63) is 0 Å². The summed E-state index contributed by atoms with van der Waals surface area (Å²) in [4.78, 5) is 0. The second-order valence-electron chi connectivity index (χ2n) is 4.61. The summed E-state index contributed by atoms with van der Waals surface area (Å²) in [6, 6.07) is 0. The van der Waals surface area contributed by atoms with E-state index in [1.807, 2.05) is 0 Å². The maximum Gasteiger partial charge on any atom is 0.104 e. The normalized spacial score (nSPS) is 14.9. The Morgan fingerprint density at radius 2 is 1.14 bits per heavy atom. The fourth-order valence-corrected chi connectivity index (χ4v) is 1.43. The Bertz CT molecular complexity index is 196. The minimum Gasteiger partial charge on any atom is -0.394 e. The lowest BCUT2D eigenvalue weighted by molar-refractivity contribution is -0.0651. The largest absolute Gasteiger partial charge is 0.394 e. The van der Waals surface area contributed by atoms with Gasteiger partial charge < -0.3 is 33.5 Å². The van der Waals surface area contributed by atoms with Gasteiger partial charge in [-0.2, -0.15) is 0 Å². The highest BCUT2D eigenvalue weighted by Gasteiger charge is 2.10. The molecule has 0 aliphatic rings. The van der Waals surface area contributed by atoms with Gasteiger partial charge in [-0.1, -0.05) is 6.92 Å². The van der Waals surface area contributed by atoms with E-state index in [1.54, 1.807) is 28.4 Å². The molecule has 22 heavy (non-hydrogen) atoms. The molecule has 0 amide bonds. The van der Waals surface area contributed by atoms with Crippen molar-refractivity contribution in [3.63, 3.8) is 0 Å². The van der Waals surface area contributed by atoms with E-state index in [9.17, 15) is 0 Å². The van der Waals surface area contributed by atoms with Crippen molar-refractivity contribution >= 4 is 0 Å². The van der Waals surface area contributed by atoms with Crippen LogP contribution >= 0.6 is 0 Å². The van der Waals surface area contributed by atoms with Crippen LogP contribution in [-0.2, 0) is 28.4 Å². The lowest BCUT2D eigenvalue weighted by Gasteiger charge is -2.17. The molecule has 7 nitrogen and oxygen atoms in total. The zero-order valence-electron chi connectivity index (χ0n) is 14.9. The number of hydrogen-bond donors (Lipinski definition) is 1. The molecule has 0 fully saturated rings. The highest BCUT2D eigenvalue weighted by atomic mass is 16.6. The SMILES string of the molecule is CCC(COC)OC.COCC(COCC(CO)OC)OC. The van der Waals surface area contributed by atoms with E-state index in [-0.39, 0.29) is 24.9 Å². The number of aliphatic hydroxyl groups is 1. The monoisotopic (exact) mass is 326 g/mol. The van der Waals surface area contributed by atoms with Gasteiger partial charge in [-0.3, -0.25) is 0 Å². The van der Waals surface area contributed by atoms with Crippen LogP contribution in [-0.4, -0.2) is 92.0 Å². The van der Waals surface area contributed by atoms with Gasteiger partial charge in [0.1, 0.15) is 12.2 Å². The molecule has 1 N–H and O–H groups in total. The fraction of sp³-hybridized carbons (Fsp3) is 1.00. The molecule has 0 radical (unpaired) electrons. The molecule has 0 aliphatic carbocycles. The van der Waals surface area contributed by atoms with E-state index in [2.05, 4.69) is 6.92 Å². The highest BCUT2D eigenvalue weighted by Crippen LogP contribution is 1.96. The average molecular weight is 326 g/mol. The molecule has 0 spiro atoms. The maximum absolute atomic E-state index is 8.79. The van der Waals surface area contributed by atoms with Crippen molar-refractivity contribution in [3.8, 4) is 0 Å². The van der Waals surface area contributed by atoms with Crippen LogP contribution in [0.5, 0.6) is 0 Å².